The maximum atomic E-state index is 12.4. The lowest BCUT2D eigenvalue weighted by atomic mass is 10.1. The van der Waals surface area contributed by atoms with Gasteiger partial charge >= 0.3 is 6.18 Å². The van der Waals surface area contributed by atoms with Gasteiger partial charge in [0, 0.05) is 17.3 Å². The van der Waals surface area contributed by atoms with Gasteiger partial charge in [-0.05, 0) is 18.2 Å². The van der Waals surface area contributed by atoms with Gasteiger partial charge in [-0.3, -0.25) is 10.1 Å². The van der Waals surface area contributed by atoms with E-state index in [0.29, 0.717) is 6.07 Å². The second-order valence-corrected chi connectivity index (χ2v) is 3.17. The molecule has 0 fully saturated rings. The zero-order valence-electron chi connectivity index (χ0n) is 8.25. The zero-order valence-corrected chi connectivity index (χ0v) is 9.01. The van der Waals surface area contributed by atoms with Gasteiger partial charge in [-0.2, -0.15) is 13.2 Å². The Kier molecular flexibility index (Phi) is 3.95. The van der Waals surface area contributed by atoms with E-state index in [-0.39, 0.29) is 5.56 Å². The van der Waals surface area contributed by atoms with E-state index in [1.807, 2.05) is 5.32 Å². The molecule has 1 aromatic rings. The van der Waals surface area contributed by atoms with Crippen molar-refractivity contribution in [1.82, 2.24) is 5.32 Å². The van der Waals surface area contributed by atoms with Gasteiger partial charge in [0.15, 0.2) is 0 Å². The predicted molar refractivity (Wildman–Crippen MR) is 56.4 cm³/mol. The number of nitrogens with zero attached hydrogens (tertiary/aromatic N) is 1. The van der Waals surface area contributed by atoms with Crippen LogP contribution in [0.5, 0.6) is 0 Å². The van der Waals surface area contributed by atoms with Crippen LogP contribution in [0.25, 0.3) is 0 Å². The molecule has 17 heavy (non-hydrogen) atoms. The van der Waals surface area contributed by atoms with Crippen molar-refractivity contribution in [2.45, 2.75) is 6.18 Å². The topological polar surface area (TPSA) is 67.5 Å². The highest BCUT2D eigenvalue weighted by Gasteiger charge is 2.30. The number of guanidine groups is 1. The summed E-state index contributed by atoms with van der Waals surface area (Å²) >= 11 is 4.96. The summed E-state index contributed by atoms with van der Waals surface area (Å²) in [5, 5.41) is 2.01. The van der Waals surface area contributed by atoms with Crippen LogP contribution in [0.4, 0.5) is 13.2 Å². The normalized spacial score (nSPS) is 12.4. The Balaban J connectivity index is 2.96. The van der Waals surface area contributed by atoms with E-state index in [2.05, 4.69) is 4.51 Å². The highest BCUT2D eigenvalue weighted by molar-refractivity contribution is 6.21. The summed E-state index contributed by atoms with van der Waals surface area (Å²) < 4.78 is 40.0. The van der Waals surface area contributed by atoms with Gasteiger partial charge in [0.2, 0.25) is 5.96 Å². The van der Waals surface area contributed by atoms with Crippen molar-refractivity contribution in [2.75, 3.05) is 0 Å². The van der Waals surface area contributed by atoms with E-state index in [1.165, 1.54) is 6.07 Å². The number of nitrogens with two attached hydrogens (primary N) is 1. The Hall–Kier alpha value is -1.76. The number of rotatable bonds is 1. The Morgan fingerprint density at radius 1 is 1.41 bits per heavy atom. The average Bonchev–Trinajstić information content (AvgIpc) is 2.28. The highest BCUT2D eigenvalue weighted by atomic mass is 35.5. The summed E-state index contributed by atoms with van der Waals surface area (Å²) in [4.78, 5) is 11.4. The van der Waals surface area contributed by atoms with Crippen LogP contribution in [0, 0.1) is 0 Å². The van der Waals surface area contributed by atoms with Crippen LogP contribution in [0.15, 0.2) is 28.8 Å². The summed E-state index contributed by atoms with van der Waals surface area (Å²) in [7, 11) is 0. The third-order valence-electron chi connectivity index (χ3n) is 1.78. The fraction of sp³-hybridized carbons (Fsp3) is 0.111. The van der Waals surface area contributed by atoms with Gasteiger partial charge in [-0.15, -0.1) is 4.51 Å². The lowest BCUT2D eigenvalue weighted by Gasteiger charge is -2.08. The summed E-state index contributed by atoms with van der Waals surface area (Å²) in [5.41, 5.74) is 3.98. The number of benzene rings is 1. The van der Waals surface area contributed by atoms with Crippen molar-refractivity contribution in [3.63, 3.8) is 0 Å². The van der Waals surface area contributed by atoms with E-state index in [1.54, 1.807) is 0 Å². The molecule has 1 rings (SSSR count). The first-order valence-corrected chi connectivity index (χ1v) is 4.61. The molecule has 0 saturated heterocycles. The minimum absolute atomic E-state index is 0.192. The Morgan fingerprint density at radius 2 is 2.06 bits per heavy atom. The predicted octanol–water partition coefficient (Wildman–Crippen LogP) is 1.90. The SMILES string of the molecule is NC(=NCl)NC(=O)c1cccc(C(F)(F)F)c1. The van der Waals surface area contributed by atoms with Gasteiger partial charge in [-0.25, -0.2) is 0 Å². The second-order valence-electron chi connectivity index (χ2n) is 3.00. The number of nitrogens with one attached hydrogen (secondary N) is 1. The molecule has 3 N–H and O–H groups in total. The number of carbonyl (C=O) groups excluding carboxylic acids is 1. The number of halogens is 4. The summed E-state index contributed by atoms with van der Waals surface area (Å²) in [6.45, 7) is 0. The van der Waals surface area contributed by atoms with Crippen LogP contribution in [-0.4, -0.2) is 11.9 Å². The molecule has 0 aliphatic rings. The molecule has 1 amide bonds. The first-order valence-electron chi connectivity index (χ1n) is 4.27. The Labute approximate surface area is 99.4 Å². The Bertz CT molecular complexity index is 459. The van der Waals surface area contributed by atoms with Gasteiger partial charge in [0.25, 0.3) is 5.91 Å². The third kappa shape index (κ3) is 3.63. The van der Waals surface area contributed by atoms with Crippen molar-refractivity contribution >= 4 is 23.6 Å². The molecular weight excluding hydrogens is 259 g/mol. The fourth-order valence-electron chi connectivity index (χ4n) is 1.05. The molecular formula is C9H7ClF3N3O. The molecule has 4 nitrogen and oxygen atoms in total. The average molecular weight is 266 g/mol. The van der Waals surface area contributed by atoms with E-state index < -0.39 is 23.6 Å². The largest absolute Gasteiger partial charge is 0.416 e. The second kappa shape index (κ2) is 5.05. The summed E-state index contributed by atoms with van der Waals surface area (Å²) in [6, 6.07) is 3.89. The quantitative estimate of drug-likeness (QED) is 0.602. The molecule has 0 atom stereocenters. The first-order chi connectivity index (χ1) is 7.84. The van der Waals surface area contributed by atoms with Gasteiger partial charge in [0.05, 0.1) is 5.56 Å². The molecule has 0 saturated carbocycles. The van der Waals surface area contributed by atoms with Crippen LogP contribution >= 0.6 is 11.8 Å². The number of alkyl halides is 3. The van der Waals surface area contributed by atoms with Crippen LogP contribution in [-0.2, 0) is 6.18 Å². The number of carbonyl (C=O) groups is 1. The number of amides is 1. The van der Waals surface area contributed by atoms with E-state index >= 15 is 0 Å². The minimum atomic E-state index is -4.51. The maximum absolute atomic E-state index is 12.4. The van der Waals surface area contributed by atoms with Crippen LogP contribution in [0.1, 0.15) is 15.9 Å². The molecule has 0 heterocycles. The van der Waals surface area contributed by atoms with E-state index in [0.717, 1.165) is 12.1 Å². The molecule has 0 aliphatic carbocycles. The highest BCUT2D eigenvalue weighted by Crippen LogP contribution is 2.29. The van der Waals surface area contributed by atoms with Crippen molar-refractivity contribution in [2.24, 2.45) is 10.2 Å². The van der Waals surface area contributed by atoms with Crippen LogP contribution in [0.3, 0.4) is 0 Å². The smallest absolute Gasteiger partial charge is 0.369 e. The molecule has 1 aromatic carbocycles. The third-order valence-corrected chi connectivity index (χ3v) is 1.97. The summed E-state index contributed by atoms with van der Waals surface area (Å²) in [6.07, 6.45) is -4.51. The maximum Gasteiger partial charge on any atom is 0.416 e. The molecule has 0 unspecified atom stereocenters. The number of hydrogen-bond acceptors (Lipinski definition) is 2. The molecule has 0 aliphatic heterocycles. The summed E-state index contributed by atoms with van der Waals surface area (Å²) in [5.74, 6) is -1.22. The molecule has 0 bridgehead atoms. The molecule has 8 heteroatoms. The molecule has 0 radical (unpaired) electrons. The first kappa shape index (κ1) is 13.3. The van der Waals surface area contributed by atoms with Gasteiger partial charge in [0.1, 0.15) is 0 Å². The van der Waals surface area contributed by atoms with Crippen LogP contribution in [0.2, 0.25) is 0 Å². The van der Waals surface area contributed by atoms with E-state index in [4.69, 9.17) is 17.5 Å². The van der Waals surface area contributed by atoms with Gasteiger partial charge in [-0.1, -0.05) is 6.07 Å². The lowest BCUT2D eigenvalue weighted by Crippen LogP contribution is -2.36. The van der Waals surface area contributed by atoms with Crippen molar-refractivity contribution in [1.29, 1.82) is 0 Å². The standard InChI is InChI=1S/C9H7ClF3N3O/c10-16-8(14)15-7(17)5-2-1-3-6(4-5)9(11,12)13/h1-4H,(H3,14,15,16,17). The lowest BCUT2D eigenvalue weighted by molar-refractivity contribution is -0.137. The van der Waals surface area contributed by atoms with Crippen molar-refractivity contribution in [3.8, 4) is 0 Å². The molecule has 0 spiro atoms. The Morgan fingerprint density at radius 3 is 2.59 bits per heavy atom. The van der Waals surface area contributed by atoms with Crippen LogP contribution < -0.4 is 11.1 Å². The van der Waals surface area contributed by atoms with Crippen molar-refractivity contribution < 1.29 is 18.0 Å². The number of hydrogen-bond donors (Lipinski definition) is 2. The van der Waals surface area contributed by atoms with Crippen molar-refractivity contribution in [3.05, 3.63) is 35.4 Å². The zero-order chi connectivity index (χ0) is 13.1. The minimum Gasteiger partial charge on any atom is -0.369 e. The monoisotopic (exact) mass is 265 g/mol. The fourth-order valence-corrected chi connectivity index (χ4v) is 1.09. The van der Waals surface area contributed by atoms with E-state index in [9.17, 15) is 18.0 Å². The molecule has 0 aromatic heterocycles. The molecule has 92 valence electrons. The van der Waals surface area contributed by atoms with Gasteiger partial charge < -0.3 is 5.73 Å².